The smallest absolute Gasteiger partial charge is 0.157 e. The second-order valence-electron chi connectivity index (χ2n) is 3.84. The lowest BCUT2D eigenvalue weighted by Gasteiger charge is -2.17. The topological polar surface area (TPSA) is 47.0 Å². The van der Waals surface area contributed by atoms with Crippen molar-refractivity contribution in [2.75, 3.05) is 14.2 Å². The minimum atomic E-state index is -0.0261. The summed E-state index contributed by atoms with van der Waals surface area (Å²) in [6, 6.07) is 1.91. The Morgan fingerprint density at radius 2 is 2.20 bits per heavy atom. The van der Waals surface area contributed by atoms with Crippen LogP contribution in [0, 0.1) is 5.92 Å². The number of hydrogen-bond acceptors (Lipinski definition) is 4. The van der Waals surface area contributed by atoms with Crippen LogP contribution in [0.15, 0.2) is 12.3 Å². The lowest BCUT2D eigenvalue weighted by Crippen LogP contribution is -2.15. The number of aromatic nitrogens is 2. The fourth-order valence-corrected chi connectivity index (χ4v) is 1.51. The highest BCUT2D eigenvalue weighted by atomic mass is 16.5. The predicted molar refractivity (Wildman–Crippen MR) is 59.4 cm³/mol. The number of hydrogen-bond donors (Lipinski definition) is 1. The fourth-order valence-electron chi connectivity index (χ4n) is 1.51. The molecule has 0 saturated carbocycles. The molecule has 0 amide bonds. The third kappa shape index (κ3) is 3.25. The maximum atomic E-state index is 5.39. The van der Waals surface area contributed by atoms with E-state index in [4.69, 9.17) is 4.74 Å². The quantitative estimate of drug-likeness (QED) is 0.799. The molecule has 1 heterocycles. The van der Waals surface area contributed by atoms with Gasteiger partial charge in [-0.15, -0.1) is 0 Å². The number of nitrogens with zero attached hydrogens (tertiary/aromatic N) is 2. The number of nitrogens with one attached hydrogen (secondary N) is 1. The maximum Gasteiger partial charge on any atom is 0.157 e. The molecule has 1 aromatic heterocycles. The summed E-state index contributed by atoms with van der Waals surface area (Å²) in [7, 11) is 3.59. The minimum absolute atomic E-state index is 0.0261. The van der Waals surface area contributed by atoms with Crippen LogP contribution in [0.4, 0.5) is 0 Å². The SMILES string of the molecule is CNCc1ccnc(C(OC)C(C)C)n1. The summed E-state index contributed by atoms with van der Waals surface area (Å²) in [5.74, 6) is 1.14. The Morgan fingerprint density at radius 1 is 1.47 bits per heavy atom. The molecule has 0 aliphatic carbocycles. The first-order valence-corrected chi connectivity index (χ1v) is 5.18. The van der Waals surface area contributed by atoms with Gasteiger partial charge in [0.15, 0.2) is 5.82 Å². The van der Waals surface area contributed by atoms with Crippen molar-refractivity contribution in [1.29, 1.82) is 0 Å². The van der Waals surface area contributed by atoms with E-state index in [9.17, 15) is 0 Å². The Bertz CT molecular complexity index is 302. The van der Waals surface area contributed by atoms with E-state index in [-0.39, 0.29) is 6.10 Å². The van der Waals surface area contributed by atoms with E-state index in [0.29, 0.717) is 5.92 Å². The molecular formula is C11H19N3O. The molecule has 1 unspecified atom stereocenters. The van der Waals surface area contributed by atoms with Gasteiger partial charge in [-0.1, -0.05) is 13.8 Å². The number of ether oxygens (including phenoxy) is 1. The normalized spacial score (nSPS) is 13.1. The molecule has 1 aromatic rings. The molecule has 4 nitrogen and oxygen atoms in total. The highest BCUT2D eigenvalue weighted by molar-refractivity contribution is 5.04. The molecule has 1 atom stereocenters. The summed E-state index contributed by atoms with van der Waals surface area (Å²) in [6.45, 7) is 4.95. The zero-order valence-corrected chi connectivity index (χ0v) is 9.82. The highest BCUT2D eigenvalue weighted by Gasteiger charge is 2.17. The largest absolute Gasteiger partial charge is 0.373 e. The Balaban J connectivity index is 2.87. The average molecular weight is 209 g/mol. The van der Waals surface area contributed by atoms with Crippen molar-refractivity contribution in [2.45, 2.75) is 26.5 Å². The Labute approximate surface area is 91.1 Å². The molecule has 0 aliphatic rings. The van der Waals surface area contributed by atoms with E-state index < -0.39 is 0 Å². The maximum absolute atomic E-state index is 5.39. The van der Waals surface area contributed by atoms with Gasteiger partial charge in [0, 0.05) is 19.9 Å². The summed E-state index contributed by atoms with van der Waals surface area (Å²) < 4.78 is 5.39. The first-order chi connectivity index (χ1) is 7.19. The minimum Gasteiger partial charge on any atom is -0.373 e. The van der Waals surface area contributed by atoms with Gasteiger partial charge in [-0.05, 0) is 19.0 Å². The van der Waals surface area contributed by atoms with Crippen LogP contribution in [0.1, 0.15) is 31.5 Å². The van der Waals surface area contributed by atoms with Gasteiger partial charge in [-0.2, -0.15) is 0 Å². The molecule has 15 heavy (non-hydrogen) atoms. The Hall–Kier alpha value is -1.00. The molecule has 0 saturated heterocycles. The lowest BCUT2D eigenvalue weighted by molar-refractivity contribution is 0.0572. The number of rotatable bonds is 5. The Morgan fingerprint density at radius 3 is 2.73 bits per heavy atom. The summed E-state index contributed by atoms with van der Waals surface area (Å²) in [6.07, 6.45) is 1.76. The van der Waals surface area contributed by atoms with Crippen molar-refractivity contribution in [3.63, 3.8) is 0 Å². The van der Waals surface area contributed by atoms with Crippen LogP contribution >= 0.6 is 0 Å². The fraction of sp³-hybridized carbons (Fsp3) is 0.636. The second-order valence-corrected chi connectivity index (χ2v) is 3.84. The molecule has 1 rings (SSSR count). The van der Waals surface area contributed by atoms with Crippen LogP contribution in [0.25, 0.3) is 0 Å². The summed E-state index contributed by atoms with van der Waals surface area (Å²) >= 11 is 0. The van der Waals surface area contributed by atoms with Crippen LogP contribution < -0.4 is 5.32 Å². The van der Waals surface area contributed by atoms with E-state index in [1.165, 1.54) is 0 Å². The van der Waals surface area contributed by atoms with Crippen molar-refractivity contribution in [1.82, 2.24) is 15.3 Å². The van der Waals surface area contributed by atoms with E-state index >= 15 is 0 Å². The van der Waals surface area contributed by atoms with Crippen molar-refractivity contribution in [2.24, 2.45) is 5.92 Å². The van der Waals surface area contributed by atoms with Gasteiger partial charge >= 0.3 is 0 Å². The van der Waals surface area contributed by atoms with Crippen molar-refractivity contribution in [3.05, 3.63) is 23.8 Å². The van der Waals surface area contributed by atoms with Crippen molar-refractivity contribution < 1.29 is 4.74 Å². The lowest BCUT2D eigenvalue weighted by atomic mass is 10.1. The monoisotopic (exact) mass is 209 g/mol. The molecule has 0 bridgehead atoms. The summed E-state index contributed by atoms with van der Waals surface area (Å²) in [4.78, 5) is 8.71. The Kier molecular flexibility index (Phi) is 4.65. The van der Waals surface area contributed by atoms with Gasteiger partial charge in [0.2, 0.25) is 0 Å². The molecule has 0 spiro atoms. The van der Waals surface area contributed by atoms with Crippen LogP contribution in [-0.4, -0.2) is 24.1 Å². The van der Waals surface area contributed by atoms with Crippen LogP contribution in [0.3, 0.4) is 0 Å². The zero-order valence-electron chi connectivity index (χ0n) is 9.82. The first kappa shape index (κ1) is 12.1. The van der Waals surface area contributed by atoms with Gasteiger partial charge in [0.05, 0.1) is 5.69 Å². The average Bonchev–Trinajstić information content (AvgIpc) is 2.19. The molecule has 4 heteroatoms. The molecule has 84 valence electrons. The molecule has 1 N–H and O–H groups in total. The van der Waals surface area contributed by atoms with Gasteiger partial charge in [-0.25, -0.2) is 9.97 Å². The molecule has 0 radical (unpaired) electrons. The first-order valence-electron chi connectivity index (χ1n) is 5.18. The van der Waals surface area contributed by atoms with Gasteiger partial charge in [-0.3, -0.25) is 0 Å². The van der Waals surface area contributed by atoms with Crippen LogP contribution in [0.2, 0.25) is 0 Å². The van der Waals surface area contributed by atoms with E-state index in [0.717, 1.165) is 18.1 Å². The standard InChI is InChI=1S/C11H19N3O/c1-8(2)10(15-4)11-13-6-5-9(14-11)7-12-3/h5-6,8,10,12H,7H2,1-4H3. The predicted octanol–water partition coefficient (Wildman–Crippen LogP) is 1.54. The van der Waals surface area contributed by atoms with Gasteiger partial charge in [0.1, 0.15) is 6.10 Å². The number of methoxy groups -OCH3 is 1. The van der Waals surface area contributed by atoms with E-state index in [1.54, 1.807) is 13.3 Å². The van der Waals surface area contributed by atoms with Crippen LogP contribution in [-0.2, 0) is 11.3 Å². The van der Waals surface area contributed by atoms with Crippen LogP contribution in [0.5, 0.6) is 0 Å². The third-order valence-corrected chi connectivity index (χ3v) is 2.20. The van der Waals surface area contributed by atoms with Gasteiger partial charge < -0.3 is 10.1 Å². The molecular weight excluding hydrogens is 190 g/mol. The highest BCUT2D eigenvalue weighted by Crippen LogP contribution is 2.21. The summed E-state index contributed by atoms with van der Waals surface area (Å²) in [5, 5.41) is 3.07. The zero-order chi connectivity index (χ0) is 11.3. The van der Waals surface area contributed by atoms with E-state index in [2.05, 4.69) is 29.1 Å². The molecule has 0 aliphatic heterocycles. The van der Waals surface area contributed by atoms with E-state index in [1.807, 2.05) is 13.1 Å². The molecule has 0 fully saturated rings. The van der Waals surface area contributed by atoms with Crippen molar-refractivity contribution >= 4 is 0 Å². The van der Waals surface area contributed by atoms with Gasteiger partial charge in [0.25, 0.3) is 0 Å². The van der Waals surface area contributed by atoms with Crippen molar-refractivity contribution in [3.8, 4) is 0 Å². The molecule has 0 aromatic carbocycles. The second kappa shape index (κ2) is 5.78. The summed E-state index contributed by atoms with van der Waals surface area (Å²) in [5.41, 5.74) is 0.991. The third-order valence-electron chi connectivity index (χ3n) is 2.20.